The second-order valence-corrected chi connectivity index (χ2v) is 8.58. The molecule has 1 atom stereocenters. The highest BCUT2D eigenvalue weighted by atomic mass is 32.2. The lowest BCUT2D eigenvalue weighted by molar-refractivity contribution is -0.138. The molecule has 2 N–H and O–H groups in total. The molecule has 2 aromatic carbocycles. The van der Waals surface area contributed by atoms with E-state index in [9.17, 15) is 14.7 Å². The average Bonchev–Trinajstić information content (AvgIpc) is 3.16. The first-order chi connectivity index (χ1) is 16.1. The number of aromatic nitrogens is 1. The van der Waals surface area contributed by atoms with Gasteiger partial charge in [0.05, 0.1) is 7.11 Å². The first-order valence-electron chi connectivity index (χ1n) is 10.5. The van der Waals surface area contributed by atoms with E-state index in [1.807, 2.05) is 42.5 Å². The molecule has 4 rings (SSSR count). The van der Waals surface area contributed by atoms with Crippen LogP contribution in [0.25, 0.3) is 11.1 Å². The molecule has 0 radical (unpaired) electrons. The quantitative estimate of drug-likeness (QED) is 0.487. The summed E-state index contributed by atoms with van der Waals surface area (Å²) in [6, 6.07) is 18.7. The molecule has 0 spiro atoms. The molecule has 0 bridgehead atoms. The molecule has 1 heterocycles. The van der Waals surface area contributed by atoms with Crippen molar-refractivity contribution in [1.29, 1.82) is 0 Å². The van der Waals surface area contributed by atoms with E-state index in [0.29, 0.717) is 11.6 Å². The van der Waals surface area contributed by atoms with Gasteiger partial charge in [-0.05, 0) is 28.3 Å². The number of hydrogen-bond donors (Lipinski definition) is 2. The van der Waals surface area contributed by atoms with Crippen molar-refractivity contribution in [1.82, 2.24) is 10.3 Å². The van der Waals surface area contributed by atoms with Gasteiger partial charge in [-0.15, -0.1) is 0 Å². The number of amides is 1. The second-order valence-electron chi connectivity index (χ2n) is 7.55. The van der Waals surface area contributed by atoms with Gasteiger partial charge in [0.1, 0.15) is 12.6 Å². The minimum Gasteiger partial charge on any atom is -0.481 e. The Hall–Kier alpha value is -3.52. The van der Waals surface area contributed by atoms with E-state index >= 15 is 0 Å². The van der Waals surface area contributed by atoms with E-state index in [2.05, 4.69) is 22.4 Å². The van der Waals surface area contributed by atoms with Crippen molar-refractivity contribution in [2.24, 2.45) is 0 Å². The summed E-state index contributed by atoms with van der Waals surface area (Å²) in [5.41, 5.74) is 5.32. The summed E-state index contributed by atoms with van der Waals surface area (Å²) < 4.78 is 10.7. The zero-order chi connectivity index (χ0) is 23.2. The average molecular weight is 465 g/mol. The van der Waals surface area contributed by atoms with Gasteiger partial charge in [0.15, 0.2) is 0 Å². The van der Waals surface area contributed by atoms with Gasteiger partial charge in [0.25, 0.3) is 0 Å². The molecule has 1 aromatic heterocycles. The van der Waals surface area contributed by atoms with Gasteiger partial charge >= 0.3 is 12.1 Å². The molecule has 0 saturated carbocycles. The van der Waals surface area contributed by atoms with Crippen molar-refractivity contribution >= 4 is 23.8 Å². The Bertz CT molecular complexity index is 1110. The standard InChI is InChI=1S/C25H24N2O5S/c1-31-23-16(7-6-12-26-23)14-33-15-22(24(28)29)27-25(30)32-13-21-19-10-4-2-8-17(19)18-9-3-5-11-20(18)21/h2-12,21-22H,13-15H2,1H3,(H,27,30)(H,28,29). The number of nitrogens with one attached hydrogen (secondary N) is 1. The van der Waals surface area contributed by atoms with Crippen LogP contribution in [0.15, 0.2) is 66.9 Å². The molecule has 1 aliphatic carbocycles. The highest BCUT2D eigenvalue weighted by molar-refractivity contribution is 7.98. The van der Waals surface area contributed by atoms with Gasteiger partial charge in [0.2, 0.25) is 5.88 Å². The fraction of sp³-hybridized carbons (Fsp3) is 0.240. The molecule has 33 heavy (non-hydrogen) atoms. The molecular weight excluding hydrogens is 440 g/mol. The van der Waals surface area contributed by atoms with Crippen LogP contribution in [0.5, 0.6) is 5.88 Å². The molecular formula is C25H24N2O5S. The van der Waals surface area contributed by atoms with Crippen molar-refractivity contribution in [2.75, 3.05) is 19.5 Å². The first-order valence-corrected chi connectivity index (χ1v) is 11.6. The van der Waals surface area contributed by atoms with Gasteiger partial charge in [-0.2, -0.15) is 11.8 Å². The first kappa shape index (κ1) is 22.7. The lowest BCUT2D eigenvalue weighted by Crippen LogP contribution is -2.43. The Balaban J connectivity index is 1.34. The van der Waals surface area contributed by atoms with Crippen LogP contribution in [0.3, 0.4) is 0 Å². The number of carbonyl (C=O) groups excluding carboxylic acids is 1. The molecule has 3 aromatic rings. The molecule has 1 unspecified atom stereocenters. The van der Waals surface area contributed by atoms with Crippen LogP contribution >= 0.6 is 11.8 Å². The minimum absolute atomic E-state index is 0.0844. The summed E-state index contributed by atoms with van der Waals surface area (Å²) in [6.07, 6.45) is 0.884. The van der Waals surface area contributed by atoms with E-state index < -0.39 is 18.1 Å². The minimum atomic E-state index is -1.12. The van der Waals surface area contributed by atoms with Gasteiger partial charge in [-0.3, -0.25) is 0 Å². The number of alkyl carbamates (subject to hydrolysis) is 1. The predicted octanol–water partition coefficient (Wildman–Crippen LogP) is 4.32. The number of pyridine rings is 1. The summed E-state index contributed by atoms with van der Waals surface area (Å²) in [7, 11) is 1.54. The number of carbonyl (C=O) groups is 2. The molecule has 0 aliphatic heterocycles. The summed E-state index contributed by atoms with van der Waals surface area (Å²) in [6.45, 7) is 0.131. The van der Waals surface area contributed by atoms with E-state index in [1.165, 1.54) is 18.9 Å². The number of rotatable bonds is 9. The highest BCUT2D eigenvalue weighted by Gasteiger charge is 2.29. The third-order valence-corrected chi connectivity index (χ3v) is 6.60. The fourth-order valence-corrected chi connectivity index (χ4v) is 4.98. The monoisotopic (exact) mass is 464 g/mol. The van der Waals surface area contributed by atoms with Gasteiger partial charge in [-0.1, -0.05) is 54.6 Å². The molecule has 1 aliphatic rings. The SMILES string of the molecule is COc1ncccc1CSCC(NC(=O)OCC1c2ccccc2-c2ccccc21)C(=O)O. The number of aliphatic carboxylic acids is 1. The van der Waals surface area contributed by atoms with Crippen molar-refractivity contribution in [3.63, 3.8) is 0 Å². The molecule has 0 saturated heterocycles. The number of thioether (sulfide) groups is 1. The summed E-state index contributed by atoms with van der Waals surface area (Å²) in [5, 5.41) is 12.0. The van der Waals surface area contributed by atoms with Gasteiger partial charge in [0, 0.05) is 29.2 Å². The number of fused-ring (bicyclic) bond motifs is 3. The lowest BCUT2D eigenvalue weighted by Gasteiger charge is -2.17. The van der Waals surface area contributed by atoms with Gasteiger partial charge < -0.3 is 19.9 Å². The summed E-state index contributed by atoms with van der Waals surface area (Å²) in [4.78, 5) is 28.2. The molecule has 170 valence electrons. The molecule has 0 fully saturated rings. The number of nitrogens with zero attached hydrogens (tertiary/aromatic N) is 1. The third-order valence-electron chi connectivity index (χ3n) is 5.52. The second kappa shape index (κ2) is 10.4. The summed E-state index contributed by atoms with van der Waals surface area (Å²) in [5.74, 6) is -0.0144. The number of ether oxygens (including phenoxy) is 2. The van der Waals surface area contributed by atoms with Crippen LogP contribution in [-0.4, -0.2) is 47.7 Å². The zero-order valence-electron chi connectivity index (χ0n) is 18.1. The van der Waals surface area contributed by atoms with Crippen LogP contribution in [0.2, 0.25) is 0 Å². The van der Waals surface area contributed by atoms with Crippen LogP contribution in [-0.2, 0) is 15.3 Å². The number of benzene rings is 2. The predicted molar refractivity (Wildman–Crippen MR) is 127 cm³/mol. The van der Waals surface area contributed by atoms with Crippen LogP contribution < -0.4 is 10.1 Å². The number of carboxylic acids is 1. The maximum atomic E-state index is 12.4. The smallest absolute Gasteiger partial charge is 0.407 e. The number of hydrogen-bond acceptors (Lipinski definition) is 6. The molecule has 1 amide bonds. The van der Waals surface area contributed by atoms with Crippen molar-refractivity contribution in [2.45, 2.75) is 17.7 Å². The third kappa shape index (κ3) is 5.12. The van der Waals surface area contributed by atoms with E-state index in [-0.39, 0.29) is 18.3 Å². The molecule has 8 heteroatoms. The Labute approximate surface area is 196 Å². The topological polar surface area (TPSA) is 97.8 Å². The Morgan fingerprint density at radius 3 is 2.36 bits per heavy atom. The maximum Gasteiger partial charge on any atom is 0.407 e. The van der Waals surface area contributed by atoms with E-state index in [0.717, 1.165) is 27.8 Å². The van der Waals surface area contributed by atoms with Crippen LogP contribution in [0.4, 0.5) is 4.79 Å². The zero-order valence-corrected chi connectivity index (χ0v) is 18.9. The lowest BCUT2D eigenvalue weighted by atomic mass is 9.98. The van der Waals surface area contributed by atoms with E-state index in [4.69, 9.17) is 9.47 Å². The van der Waals surface area contributed by atoms with Crippen molar-refractivity contribution in [3.05, 3.63) is 83.6 Å². The Morgan fingerprint density at radius 2 is 1.73 bits per heavy atom. The number of methoxy groups -OCH3 is 1. The number of carboxylic acid groups (broad SMARTS) is 1. The Morgan fingerprint density at radius 1 is 1.06 bits per heavy atom. The van der Waals surface area contributed by atoms with Crippen molar-refractivity contribution < 1.29 is 24.2 Å². The molecule has 7 nitrogen and oxygen atoms in total. The maximum absolute atomic E-state index is 12.4. The fourth-order valence-electron chi connectivity index (χ4n) is 3.96. The van der Waals surface area contributed by atoms with E-state index in [1.54, 1.807) is 12.3 Å². The normalized spacial score (nSPS) is 13.0. The highest BCUT2D eigenvalue weighted by Crippen LogP contribution is 2.44. The van der Waals surface area contributed by atoms with Crippen LogP contribution in [0.1, 0.15) is 22.6 Å². The van der Waals surface area contributed by atoms with Gasteiger partial charge in [-0.25, -0.2) is 14.6 Å². The van der Waals surface area contributed by atoms with Crippen molar-refractivity contribution in [3.8, 4) is 17.0 Å². The Kier molecular flexibility index (Phi) is 7.14. The summed E-state index contributed by atoms with van der Waals surface area (Å²) >= 11 is 1.37. The largest absolute Gasteiger partial charge is 0.481 e. The van der Waals surface area contributed by atoms with Crippen LogP contribution in [0, 0.1) is 0 Å².